The van der Waals surface area contributed by atoms with Gasteiger partial charge in [0.1, 0.15) is 0 Å². The van der Waals surface area contributed by atoms with Crippen LogP contribution in [0.3, 0.4) is 0 Å². The van der Waals surface area contributed by atoms with Gasteiger partial charge in [-0.05, 0) is 48.1 Å². The molecule has 1 aliphatic heterocycles. The molecule has 0 spiro atoms. The topological polar surface area (TPSA) is 27.1 Å². The Morgan fingerprint density at radius 1 is 1.14 bits per heavy atom. The van der Waals surface area contributed by atoms with E-state index in [1.807, 2.05) is 0 Å². The van der Waals surface area contributed by atoms with E-state index in [-0.39, 0.29) is 17.2 Å². The first-order valence-corrected chi connectivity index (χ1v) is 9.53. The van der Waals surface area contributed by atoms with E-state index in [4.69, 9.17) is 4.74 Å². The van der Waals surface area contributed by atoms with E-state index < -0.39 is 18.5 Å². The minimum absolute atomic E-state index is 0.126. The zero-order valence-corrected chi connectivity index (χ0v) is 15.6. The van der Waals surface area contributed by atoms with E-state index in [1.165, 1.54) is 16.8 Å². The second kappa shape index (κ2) is 7.99. The van der Waals surface area contributed by atoms with Gasteiger partial charge in [0, 0.05) is 6.61 Å². The lowest BCUT2D eigenvalue weighted by molar-refractivity contribution is -0.122. The maximum atomic E-state index is 14.5. The minimum Gasteiger partial charge on any atom is -0.356 e. The van der Waals surface area contributed by atoms with Crippen molar-refractivity contribution in [2.45, 2.75) is 38.1 Å². The van der Waals surface area contributed by atoms with Gasteiger partial charge >= 0.3 is 6.18 Å². The summed E-state index contributed by atoms with van der Waals surface area (Å²) in [6, 6.07) is 13.3. The average molecular weight is 404 g/mol. The number of nitrogens with zero attached hydrogens (tertiary/aromatic N) is 2. The smallest absolute Gasteiger partial charge is 0.356 e. The fourth-order valence-corrected chi connectivity index (χ4v) is 3.65. The van der Waals surface area contributed by atoms with E-state index in [1.54, 1.807) is 42.5 Å². The first-order chi connectivity index (χ1) is 13.9. The normalized spacial score (nSPS) is 18.3. The fraction of sp³-hybridized carbons (Fsp3) is 0.318. The van der Waals surface area contributed by atoms with Gasteiger partial charge in [-0.1, -0.05) is 42.5 Å². The Morgan fingerprint density at radius 2 is 1.93 bits per heavy atom. The van der Waals surface area contributed by atoms with Crippen LogP contribution < -0.4 is 0 Å². The SMILES string of the molecule is Fc1nn(C2CCCCO2)c2ccc(C=C(CC(F)(F)F)c3ccccc3)cc12. The predicted molar refractivity (Wildman–Crippen MR) is 104 cm³/mol. The number of fused-ring (bicyclic) bond motifs is 1. The van der Waals surface area contributed by atoms with Crippen molar-refractivity contribution in [3.05, 3.63) is 65.6 Å². The molecule has 2 heterocycles. The Bertz CT molecular complexity index is 1020. The lowest BCUT2D eigenvalue weighted by Gasteiger charge is -2.23. The van der Waals surface area contributed by atoms with Crippen LogP contribution in [0.5, 0.6) is 0 Å². The highest BCUT2D eigenvalue weighted by Crippen LogP contribution is 2.33. The van der Waals surface area contributed by atoms with Gasteiger partial charge in [-0.3, -0.25) is 0 Å². The molecule has 3 nitrogen and oxygen atoms in total. The molecule has 1 fully saturated rings. The zero-order valence-electron chi connectivity index (χ0n) is 15.6. The van der Waals surface area contributed by atoms with Crippen LogP contribution >= 0.6 is 0 Å². The number of alkyl halides is 3. The van der Waals surface area contributed by atoms with E-state index in [9.17, 15) is 17.6 Å². The second-order valence-corrected chi connectivity index (χ2v) is 7.16. The number of rotatable bonds is 4. The van der Waals surface area contributed by atoms with Crippen LogP contribution in [0.4, 0.5) is 17.6 Å². The van der Waals surface area contributed by atoms with Crippen LogP contribution in [-0.2, 0) is 4.74 Å². The third kappa shape index (κ3) is 4.50. The molecule has 0 bridgehead atoms. The van der Waals surface area contributed by atoms with Crippen molar-refractivity contribution >= 4 is 22.6 Å². The summed E-state index contributed by atoms with van der Waals surface area (Å²) in [6.45, 7) is 0.604. The van der Waals surface area contributed by atoms with Gasteiger partial charge in [-0.2, -0.15) is 17.6 Å². The number of allylic oxidation sites excluding steroid dienone is 1. The van der Waals surface area contributed by atoms with Gasteiger partial charge in [0.05, 0.1) is 17.3 Å². The number of aromatic nitrogens is 2. The number of ether oxygens (including phenoxy) is 1. The quantitative estimate of drug-likeness (QED) is 0.373. The van der Waals surface area contributed by atoms with E-state index >= 15 is 0 Å². The Morgan fingerprint density at radius 3 is 2.62 bits per heavy atom. The van der Waals surface area contributed by atoms with Crippen molar-refractivity contribution in [2.24, 2.45) is 0 Å². The Kier molecular flexibility index (Phi) is 5.41. The molecule has 4 rings (SSSR count). The van der Waals surface area contributed by atoms with Crippen molar-refractivity contribution in [3.8, 4) is 0 Å². The molecule has 1 aromatic heterocycles. The van der Waals surface area contributed by atoms with Gasteiger partial charge in [0.25, 0.3) is 0 Å². The third-order valence-electron chi connectivity index (χ3n) is 4.99. The molecule has 1 saturated heterocycles. The van der Waals surface area contributed by atoms with E-state index in [2.05, 4.69) is 5.10 Å². The minimum atomic E-state index is -4.35. The van der Waals surface area contributed by atoms with Crippen LogP contribution in [-0.4, -0.2) is 22.6 Å². The summed E-state index contributed by atoms with van der Waals surface area (Å²) in [6.07, 6.45) is -1.58. The number of benzene rings is 2. The lowest BCUT2D eigenvalue weighted by atomic mass is 9.99. The molecule has 1 aliphatic rings. The summed E-state index contributed by atoms with van der Waals surface area (Å²) >= 11 is 0. The van der Waals surface area contributed by atoms with Crippen molar-refractivity contribution in [2.75, 3.05) is 6.61 Å². The molecule has 0 saturated carbocycles. The summed E-state index contributed by atoms with van der Waals surface area (Å²) in [7, 11) is 0. The molecule has 29 heavy (non-hydrogen) atoms. The molecule has 2 aromatic carbocycles. The standard InChI is InChI=1S/C22H20F4N2O/c23-21-18-13-15(9-10-19(18)28(27-21)20-8-4-5-11-29-20)12-17(14-22(24,25)26)16-6-2-1-3-7-16/h1-3,6-7,9-10,12-13,20H,4-5,8,11,14H2. The molecule has 1 unspecified atom stereocenters. The largest absolute Gasteiger partial charge is 0.393 e. The monoisotopic (exact) mass is 404 g/mol. The van der Waals surface area contributed by atoms with Crippen LogP contribution in [0, 0.1) is 5.95 Å². The van der Waals surface area contributed by atoms with E-state index in [0.29, 0.717) is 23.3 Å². The van der Waals surface area contributed by atoms with Gasteiger partial charge in [-0.25, -0.2) is 4.68 Å². The molecular formula is C22H20F4N2O. The molecule has 152 valence electrons. The lowest BCUT2D eigenvalue weighted by Crippen LogP contribution is -2.19. The molecule has 0 amide bonds. The highest BCUT2D eigenvalue weighted by molar-refractivity contribution is 5.87. The van der Waals surface area contributed by atoms with Crippen LogP contribution in [0.15, 0.2) is 48.5 Å². The molecule has 0 radical (unpaired) electrons. The third-order valence-corrected chi connectivity index (χ3v) is 4.99. The molecule has 0 aliphatic carbocycles. The zero-order chi connectivity index (χ0) is 20.4. The summed E-state index contributed by atoms with van der Waals surface area (Å²) in [5.74, 6) is -0.651. The van der Waals surface area contributed by atoms with Crippen LogP contribution in [0.1, 0.15) is 43.0 Å². The predicted octanol–water partition coefficient (Wildman–Crippen LogP) is 6.37. The van der Waals surface area contributed by atoms with Gasteiger partial charge < -0.3 is 4.74 Å². The van der Waals surface area contributed by atoms with Gasteiger partial charge in [0.2, 0.25) is 5.95 Å². The van der Waals surface area contributed by atoms with E-state index in [0.717, 1.165) is 19.3 Å². The maximum absolute atomic E-state index is 14.5. The van der Waals surface area contributed by atoms with Crippen molar-refractivity contribution in [1.29, 1.82) is 0 Å². The number of hydrogen-bond acceptors (Lipinski definition) is 2. The molecule has 7 heteroatoms. The summed E-state index contributed by atoms with van der Waals surface area (Å²) in [5, 5.41) is 4.25. The Hall–Kier alpha value is -2.67. The van der Waals surface area contributed by atoms with Crippen molar-refractivity contribution in [1.82, 2.24) is 9.78 Å². The van der Waals surface area contributed by atoms with Crippen molar-refractivity contribution in [3.63, 3.8) is 0 Å². The highest BCUT2D eigenvalue weighted by Gasteiger charge is 2.29. The highest BCUT2D eigenvalue weighted by atomic mass is 19.4. The number of hydrogen-bond donors (Lipinski definition) is 0. The van der Waals surface area contributed by atoms with Gasteiger partial charge in [-0.15, -0.1) is 5.10 Å². The Labute approximate surface area is 165 Å². The maximum Gasteiger partial charge on any atom is 0.393 e. The molecular weight excluding hydrogens is 384 g/mol. The van der Waals surface area contributed by atoms with Crippen LogP contribution in [0.2, 0.25) is 0 Å². The van der Waals surface area contributed by atoms with Gasteiger partial charge in [0.15, 0.2) is 6.23 Å². The Balaban J connectivity index is 1.73. The average Bonchev–Trinajstić information content (AvgIpc) is 3.04. The number of halogens is 4. The van der Waals surface area contributed by atoms with Crippen molar-refractivity contribution < 1.29 is 22.3 Å². The first-order valence-electron chi connectivity index (χ1n) is 9.53. The first kappa shape index (κ1) is 19.6. The fourth-order valence-electron chi connectivity index (χ4n) is 3.65. The molecule has 0 N–H and O–H groups in total. The summed E-state index contributed by atoms with van der Waals surface area (Å²) in [5.41, 5.74) is 1.67. The van der Waals surface area contributed by atoms with Crippen LogP contribution in [0.25, 0.3) is 22.6 Å². The summed E-state index contributed by atoms with van der Waals surface area (Å²) in [4.78, 5) is 0. The molecule has 1 atom stereocenters. The summed E-state index contributed by atoms with van der Waals surface area (Å²) < 4.78 is 61.0. The second-order valence-electron chi connectivity index (χ2n) is 7.16. The molecule has 3 aromatic rings.